The van der Waals surface area contributed by atoms with E-state index in [1.54, 1.807) is 0 Å². The van der Waals surface area contributed by atoms with E-state index in [0.717, 1.165) is 18.1 Å². The molecule has 1 saturated carbocycles. The molecule has 0 atom stereocenters. The van der Waals surface area contributed by atoms with Gasteiger partial charge in [0.05, 0.1) is 6.33 Å². The van der Waals surface area contributed by atoms with Crippen molar-refractivity contribution in [2.75, 3.05) is 6.54 Å². The lowest BCUT2D eigenvalue weighted by molar-refractivity contribution is 0.289. The van der Waals surface area contributed by atoms with Crippen molar-refractivity contribution in [3.63, 3.8) is 0 Å². The first-order valence-corrected chi connectivity index (χ1v) is 8.13. The summed E-state index contributed by atoms with van der Waals surface area (Å²) >= 11 is 5.92. The minimum Gasteiger partial charge on any atom is -0.337 e. The summed E-state index contributed by atoms with van der Waals surface area (Å²) in [6, 6.07) is 9.00. The largest absolute Gasteiger partial charge is 0.337 e. The normalized spacial score (nSPS) is 21.2. The van der Waals surface area contributed by atoms with Gasteiger partial charge in [-0.2, -0.15) is 0 Å². The zero-order valence-corrected chi connectivity index (χ0v) is 13.0. The summed E-state index contributed by atoms with van der Waals surface area (Å²) in [6.07, 6.45) is 10.7. The average Bonchev–Trinajstić information content (AvgIpc) is 2.95. The second-order valence-electron chi connectivity index (χ2n) is 5.88. The van der Waals surface area contributed by atoms with Crippen molar-refractivity contribution >= 4 is 11.6 Å². The van der Waals surface area contributed by atoms with Crippen LogP contribution >= 0.6 is 11.6 Å². The fourth-order valence-corrected chi connectivity index (χ4v) is 3.06. The lowest BCUT2D eigenvalue weighted by Gasteiger charge is -2.36. The maximum Gasteiger partial charge on any atom is 0.0945 e. The van der Waals surface area contributed by atoms with Crippen molar-refractivity contribution in [2.24, 2.45) is 0 Å². The van der Waals surface area contributed by atoms with Gasteiger partial charge in [0, 0.05) is 30.0 Å². The third-order valence-corrected chi connectivity index (χ3v) is 4.57. The van der Waals surface area contributed by atoms with E-state index in [2.05, 4.69) is 27.0 Å². The number of benzene rings is 1. The van der Waals surface area contributed by atoms with Gasteiger partial charge < -0.3 is 9.88 Å². The van der Waals surface area contributed by atoms with Crippen molar-refractivity contribution in [3.8, 4) is 0 Å². The number of rotatable bonds is 7. The Labute approximate surface area is 131 Å². The maximum absolute atomic E-state index is 5.92. The minimum atomic E-state index is 0.693. The summed E-state index contributed by atoms with van der Waals surface area (Å²) in [5, 5.41) is 4.48. The standard InChI is InChI=1S/C17H22ClN3/c18-16-5-3-14(4-6-16)15-11-17(12-15)20-7-1-2-9-21-10-8-19-13-21/h3-6,8,10,13,15,17,20H,1-2,7,9,11-12H2. The monoisotopic (exact) mass is 303 g/mol. The molecule has 1 N–H and O–H groups in total. The Bertz CT molecular complexity index is 530. The molecular formula is C17H22ClN3. The second-order valence-corrected chi connectivity index (χ2v) is 6.31. The van der Waals surface area contributed by atoms with Crippen molar-refractivity contribution in [1.29, 1.82) is 0 Å². The van der Waals surface area contributed by atoms with Gasteiger partial charge in [0.1, 0.15) is 0 Å². The molecule has 0 saturated heterocycles. The van der Waals surface area contributed by atoms with Gasteiger partial charge in [-0.3, -0.25) is 0 Å². The number of hydrogen-bond donors (Lipinski definition) is 1. The summed E-state index contributed by atoms with van der Waals surface area (Å²) in [5.74, 6) is 0.714. The number of aromatic nitrogens is 2. The third kappa shape index (κ3) is 4.08. The first-order chi connectivity index (χ1) is 10.3. The molecule has 0 amide bonds. The topological polar surface area (TPSA) is 29.9 Å². The van der Waals surface area contributed by atoms with Crippen LogP contribution in [0.2, 0.25) is 5.02 Å². The van der Waals surface area contributed by atoms with Gasteiger partial charge in [0.2, 0.25) is 0 Å². The Morgan fingerprint density at radius 3 is 2.71 bits per heavy atom. The van der Waals surface area contributed by atoms with Crippen molar-refractivity contribution in [1.82, 2.24) is 14.9 Å². The second kappa shape index (κ2) is 7.10. The average molecular weight is 304 g/mol. The number of halogens is 1. The maximum atomic E-state index is 5.92. The van der Waals surface area contributed by atoms with Crippen molar-refractivity contribution in [2.45, 2.75) is 44.2 Å². The Morgan fingerprint density at radius 1 is 1.19 bits per heavy atom. The molecule has 0 bridgehead atoms. The first kappa shape index (κ1) is 14.6. The van der Waals surface area contributed by atoms with Gasteiger partial charge in [-0.1, -0.05) is 23.7 Å². The summed E-state index contributed by atoms with van der Waals surface area (Å²) in [4.78, 5) is 4.05. The number of nitrogens with zero attached hydrogens (tertiary/aromatic N) is 2. The molecule has 1 aromatic heterocycles. The molecule has 3 rings (SSSR count). The predicted molar refractivity (Wildman–Crippen MR) is 86.7 cm³/mol. The fraction of sp³-hybridized carbons (Fsp3) is 0.471. The summed E-state index contributed by atoms with van der Waals surface area (Å²) < 4.78 is 2.14. The molecule has 2 aromatic rings. The van der Waals surface area contributed by atoms with Crippen LogP contribution in [0.5, 0.6) is 0 Å². The smallest absolute Gasteiger partial charge is 0.0945 e. The molecule has 1 heterocycles. The number of hydrogen-bond acceptors (Lipinski definition) is 2. The van der Waals surface area contributed by atoms with Crippen LogP contribution in [0, 0.1) is 0 Å². The van der Waals surface area contributed by atoms with Gasteiger partial charge in [-0.25, -0.2) is 4.98 Å². The molecule has 1 fully saturated rings. The van der Waals surface area contributed by atoms with Crippen LogP contribution in [-0.4, -0.2) is 22.1 Å². The molecule has 3 nitrogen and oxygen atoms in total. The van der Waals surface area contributed by atoms with Gasteiger partial charge in [-0.15, -0.1) is 0 Å². The lowest BCUT2D eigenvalue weighted by atomic mass is 9.76. The number of nitrogens with one attached hydrogen (secondary N) is 1. The summed E-state index contributed by atoms with van der Waals surface area (Å²) in [6.45, 7) is 2.19. The van der Waals surface area contributed by atoms with Crippen LogP contribution < -0.4 is 5.32 Å². The molecular weight excluding hydrogens is 282 g/mol. The molecule has 21 heavy (non-hydrogen) atoms. The van der Waals surface area contributed by atoms with E-state index >= 15 is 0 Å². The van der Waals surface area contributed by atoms with Crippen LogP contribution in [0.3, 0.4) is 0 Å². The zero-order valence-electron chi connectivity index (χ0n) is 12.2. The molecule has 1 aliphatic rings. The molecule has 1 aliphatic carbocycles. The molecule has 4 heteroatoms. The highest BCUT2D eigenvalue weighted by Crippen LogP contribution is 2.37. The van der Waals surface area contributed by atoms with E-state index in [-0.39, 0.29) is 0 Å². The zero-order chi connectivity index (χ0) is 14.5. The van der Waals surface area contributed by atoms with Crippen LogP contribution in [0.4, 0.5) is 0 Å². The number of imidazole rings is 1. The Morgan fingerprint density at radius 2 is 2.00 bits per heavy atom. The highest BCUT2D eigenvalue weighted by molar-refractivity contribution is 6.30. The lowest BCUT2D eigenvalue weighted by Crippen LogP contribution is -2.40. The fourth-order valence-electron chi connectivity index (χ4n) is 2.94. The van der Waals surface area contributed by atoms with E-state index in [4.69, 9.17) is 11.6 Å². The highest BCUT2D eigenvalue weighted by Gasteiger charge is 2.29. The highest BCUT2D eigenvalue weighted by atomic mass is 35.5. The number of aryl methyl sites for hydroxylation is 1. The Hall–Kier alpha value is -1.32. The predicted octanol–water partition coefficient (Wildman–Crippen LogP) is 3.85. The molecule has 0 spiro atoms. The molecule has 112 valence electrons. The van der Waals surface area contributed by atoms with Crippen LogP contribution in [0.1, 0.15) is 37.2 Å². The van der Waals surface area contributed by atoms with E-state index in [1.807, 2.05) is 30.9 Å². The van der Waals surface area contributed by atoms with Crippen molar-refractivity contribution in [3.05, 3.63) is 53.6 Å². The van der Waals surface area contributed by atoms with E-state index < -0.39 is 0 Å². The van der Waals surface area contributed by atoms with E-state index in [1.165, 1.54) is 31.2 Å². The molecule has 0 unspecified atom stereocenters. The van der Waals surface area contributed by atoms with Gasteiger partial charge in [0.25, 0.3) is 0 Å². The van der Waals surface area contributed by atoms with Gasteiger partial charge >= 0.3 is 0 Å². The van der Waals surface area contributed by atoms with Gasteiger partial charge in [-0.05, 0) is 55.8 Å². The van der Waals surface area contributed by atoms with Crippen LogP contribution in [0.25, 0.3) is 0 Å². The van der Waals surface area contributed by atoms with E-state index in [9.17, 15) is 0 Å². The number of unbranched alkanes of at least 4 members (excludes halogenated alkanes) is 1. The Kier molecular flexibility index (Phi) is 4.94. The van der Waals surface area contributed by atoms with Crippen molar-refractivity contribution < 1.29 is 0 Å². The summed E-state index contributed by atoms with van der Waals surface area (Å²) in [7, 11) is 0. The first-order valence-electron chi connectivity index (χ1n) is 7.76. The molecule has 1 aromatic carbocycles. The Balaban J connectivity index is 1.28. The van der Waals surface area contributed by atoms with Crippen LogP contribution in [-0.2, 0) is 6.54 Å². The van der Waals surface area contributed by atoms with E-state index in [0.29, 0.717) is 12.0 Å². The SMILES string of the molecule is Clc1ccc(C2CC(NCCCCn3ccnc3)C2)cc1. The third-order valence-electron chi connectivity index (χ3n) is 4.31. The summed E-state index contributed by atoms with van der Waals surface area (Å²) in [5.41, 5.74) is 1.43. The molecule has 0 radical (unpaired) electrons. The van der Waals surface area contributed by atoms with Crippen LogP contribution in [0.15, 0.2) is 43.0 Å². The molecule has 0 aliphatic heterocycles. The quantitative estimate of drug-likeness (QED) is 0.787. The van der Waals surface area contributed by atoms with Gasteiger partial charge in [0.15, 0.2) is 0 Å². The minimum absolute atomic E-state index is 0.693.